The molecule has 172 valence electrons. The van der Waals surface area contributed by atoms with Gasteiger partial charge in [0.2, 0.25) is 11.9 Å². The summed E-state index contributed by atoms with van der Waals surface area (Å²) < 4.78 is 10.1. The first-order valence-corrected chi connectivity index (χ1v) is 10.8. The van der Waals surface area contributed by atoms with E-state index in [2.05, 4.69) is 9.97 Å². The number of morpholine rings is 1. The van der Waals surface area contributed by atoms with Crippen LogP contribution in [-0.4, -0.2) is 66.7 Å². The van der Waals surface area contributed by atoms with E-state index in [1.807, 2.05) is 4.90 Å². The van der Waals surface area contributed by atoms with Crippen LogP contribution in [0.2, 0.25) is 5.02 Å². The molecule has 32 heavy (non-hydrogen) atoms. The van der Waals surface area contributed by atoms with Crippen LogP contribution in [0.3, 0.4) is 0 Å². The smallest absolute Gasteiger partial charge is 0.325 e. The van der Waals surface area contributed by atoms with Crippen molar-refractivity contribution in [1.82, 2.24) is 14.9 Å². The zero-order chi connectivity index (χ0) is 23.1. The number of carbonyl (C=O) groups excluding carboxylic acids is 2. The third kappa shape index (κ3) is 6.30. The number of hydrogen-bond donors (Lipinski definition) is 1. The quantitative estimate of drug-likeness (QED) is 0.595. The van der Waals surface area contributed by atoms with Gasteiger partial charge in [0.1, 0.15) is 6.54 Å². The Bertz CT molecular complexity index is 1000. The molecule has 1 N–H and O–H groups in total. The molecule has 1 fully saturated rings. The molecule has 1 amide bonds. The van der Waals surface area contributed by atoms with Crippen LogP contribution in [0, 0.1) is 6.92 Å². The second-order valence-electron chi connectivity index (χ2n) is 7.51. The van der Waals surface area contributed by atoms with Crippen LogP contribution in [0.25, 0.3) is 0 Å². The highest BCUT2D eigenvalue weighted by molar-refractivity contribution is 6.30. The van der Waals surface area contributed by atoms with Crippen molar-refractivity contribution in [2.75, 3.05) is 44.9 Å². The van der Waals surface area contributed by atoms with Crippen LogP contribution in [0.1, 0.15) is 23.2 Å². The number of nitrogens with zero attached hydrogens (tertiary/aromatic N) is 3. The summed E-state index contributed by atoms with van der Waals surface area (Å²) in [4.78, 5) is 48.1. The fraction of sp³-hybridized carbons (Fsp3) is 0.455. The lowest BCUT2D eigenvalue weighted by molar-refractivity contribution is -0.147. The summed E-state index contributed by atoms with van der Waals surface area (Å²) in [6, 6.07) is 7.04. The monoisotopic (exact) mass is 462 g/mol. The summed E-state index contributed by atoms with van der Waals surface area (Å²) >= 11 is 5.92. The van der Waals surface area contributed by atoms with Crippen molar-refractivity contribution in [2.45, 2.75) is 26.3 Å². The first-order valence-electron chi connectivity index (χ1n) is 10.4. The third-order valence-corrected chi connectivity index (χ3v) is 5.55. The summed E-state index contributed by atoms with van der Waals surface area (Å²) in [6.07, 6.45) is 0.280. The minimum Gasteiger partial charge on any atom is -0.468 e. The van der Waals surface area contributed by atoms with Crippen molar-refractivity contribution in [1.29, 1.82) is 0 Å². The molecule has 0 unspecified atom stereocenters. The molecule has 1 aromatic heterocycles. The molecule has 2 heterocycles. The van der Waals surface area contributed by atoms with Crippen molar-refractivity contribution >= 4 is 29.4 Å². The Morgan fingerprint density at radius 3 is 2.56 bits per heavy atom. The first-order chi connectivity index (χ1) is 15.4. The Kier molecular flexibility index (Phi) is 8.24. The number of esters is 1. The van der Waals surface area contributed by atoms with Gasteiger partial charge in [0.05, 0.1) is 20.3 Å². The molecule has 0 radical (unpaired) electrons. The number of aromatic amines is 1. The summed E-state index contributed by atoms with van der Waals surface area (Å²) in [5, 5.41) is 0.585. The van der Waals surface area contributed by atoms with E-state index in [4.69, 9.17) is 21.1 Å². The molecule has 9 nitrogen and oxygen atoms in total. The Balaban J connectivity index is 1.69. The van der Waals surface area contributed by atoms with Crippen LogP contribution >= 0.6 is 11.6 Å². The van der Waals surface area contributed by atoms with Gasteiger partial charge in [0.15, 0.2) is 0 Å². The van der Waals surface area contributed by atoms with E-state index in [9.17, 15) is 14.4 Å². The zero-order valence-corrected chi connectivity index (χ0v) is 19.0. The van der Waals surface area contributed by atoms with Gasteiger partial charge in [-0.2, -0.15) is 0 Å². The fourth-order valence-corrected chi connectivity index (χ4v) is 3.59. The lowest BCUT2D eigenvalue weighted by Crippen LogP contribution is -2.39. The van der Waals surface area contributed by atoms with E-state index >= 15 is 0 Å². The van der Waals surface area contributed by atoms with Crippen molar-refractivity contribution < 1.29 is 19.1 Å². The van der Waals surface area contributed by atoms with Gasteiger partial charge < -0.3 is 19.3 Å². The van der Waals surface area contributed by atoms with Gasteiger partial charge in [-0.1, -0.05) is 23.7 Å². The highest BCUT2D eigenvalue weighted by Gasteiger charge is 2.20. The molecule has 3 rings (SSSR count). The molecule has 1 saturated heterocycles. The number of aryl methyl sites for hydroxylation is 1. The molecule has 0 saturated carbocycles. The summed E-state index contributed by atoms with van der Waals surface area (Å²) in [7, 11) is 1.28. The van der Waals surface area contributed by atoms with Crippen LogP contribution in [-0.2, 0) is 32.0 Å². The highest BCUT2D eigenvalue weighted by atomic mass is 35.5. The Hall–Kier alpha value is -2.91. The number of H-pyrrole nitrogens is 1. The number of halogens is 1. The maximum Gasteiger partial charge on any atom is 0.325 e. The van der Waals surface area contributed by atoms with Gasteiger partial charge in [0, 0.05) is 42.3 Å². The van der Waals surface area contributed by atoms with E-state index in [-0.39, 0.29) is 37.4 Å². The van der Waals surface area contributed by atoms with Crippen LogP contribution < -0.4 is 10.5 Å². The molecule has 1 aliphatic rings. The molecule has 10 heteroatoms. The largest absolute Gasteiger partial charge is 0.468 e. The van der Waals surface area contributed by atoms with Crippen molar-refractivity contribution in [3.63, 3.8) is 0 Å². The topological polar surface area (TPSA) is 105 Å². The van der Waals surface area contributed by atoms with Gasteiger partial charge in [-0.15, -0.1) is 0 Å². The molecule has 2 aromatic rings. The standard InChI is InChI=1S/C22H27ClN4O5/c1-15-18(21(30)25-22(24-15)26-9-11-32-12-10-26)7-8-19(28)27(14-20(29)31-2)13-16-3-5-17(23)6-4-16/h3-6H,7-14H2,1-2H3,(H,24,25,30). The normalized spacial score (nSPS) is 13.7. The molecule has 0 spiro atoms. The first kappa shape index (κ1) is 23.7. The molecule has 0 aliphatic carbocycles. The van der Waals surface area contributed by atoms with Crippen molar-refractivity contribution in [3.8, 4) is 0 Å². The van der Waals surface area contributed by atoms with Crippen LogP contribution in [0.15, 0.2) is 29.1 Å². The SMILES string of the molecule is COC(=O)CN(Cc1ccc(Cl)cc1)C(=O)CCc1c(C)nc(N2CCOCC2)[nH]c1=O. The maximum absolute atomic E-state index is 12.9. The maximum atomic E-state index is 12.9. The molecule has 1 aromatic carbocycles. The average Bonchev–Trinajstić information content (AvgIpc) is 2.79. The van der Waals surface area contributed by atoms with Gasteiger partial charge in [-0.05, 0) is 31.0 Å². The predicted octanol–water partition coefficient (Wildman–Crippen LogP) is 1.70. The average molecular weight is 463 g/mol. The van der Waals surface area contributed by atoms with E-state index in [1.54, 1.807) is 31.2 Å². The molecule has 0 atom stereocenters. The van der Waals surface area contributed by atoms with E-state index < -0.39 is 5.97 Å². The Morgan fingerprint density at radius 2 is 1.94 bits per heavy atom. The molecule has 0 bridgehead atoms. The third-order valence-electron chi connectivity index (χ3n) is 5.30. The summed E-state index contributed by atoms with van der Waals surface area (Å²) in [5.74, 6) is -0.264. The number of nitrogens with one attached hydrogen (secondary N) is 1. The zero-order valence-electron chi connectivity index (χ0n) is 18.2. The molecule has 1 aliphatic heterocycles. The van der Waals surface area contributed by atoms with E-state index in [1.165, 1.54) is 12.0 Å². The molecular weight excluding hydrogens is 436 g/mol. The Labute approximate surface area is 191 Å². The summed E-state index contributed by atoms with van der Waals surface area (Å²) in [6.45, 7) is 4.31. The van der Waals surface area contributed by atoms with Crippen molar-refractivity contribution in [3.05, 3.63) is 56.5 Å². The van der Waals surface area contributed by atoms with Gasteiger partial charge in [-0.25, -0.2) is 4.98 Å². The molecular formula is C22H27ClN4O5. The Morgan fingerprint density at radius 1 is 1.25 bits per heavy atom. The predicted molar refractivity (Wildman–Crippen MR) is 120 cm³/mol. The van der Waals surface area contributed by atoms with Gasteiger partial charge >= 0.3 is 5.97 Å². The lowest BCUT2D eigenvalue weighted by atomic mass is 10.1. The number of methoxy groups -OCH3 is 1. The number of aromatic nitrogens is 2. The van der Waals surface area contributed by atoms with Crippen LogP contribution in [0.5, 0.6) is 0 Å². The highest BCUT2D eigenvalue weighted by Crippen LogP contribution is 2.14. The van der Waals surface area contributed by atoms with Gasteiger partial charge in [0.25, 0.3) is 5.56 Å². The van der Waals surface area contributed by atoms with Gasteiger partial charge in [-0.3, -0.25) is 19.4 Å². The minimum absolute atomic E-state index is 0.0626. The fourth-order valence-electron chi connectivity index (χ4n) is 3.47. The second kappa shape index (κ2) is 11.1. The van der Waals surface area contributed by atoms with Crippen LogP contribution in [0.4, 0.5) is 5.95 Å². The second-order valence-corrected chi connectivity index (χ2v) is 7.94. The summed E-state index contributed by atoms with van der Waals surface area (Å²) in [5.41, 5.74) is 1.61. The van der Waals surface area contributed by atoms with E-state index in [0.29, 0.717) is 48.5 Å². The lowest BCUT2D eigenvalue weighted by Gasteiger charge is -2.27. The number of anilines is 1. The van der Waals surface area contributed by atoms with Crippen molar-refractivity contribution in [2.24, 2.45) is 0 Å². The number of benzene rings is 1. The number of hydrogen-bond acceptors (Lipinski definition) is 7. The number of carbonyl (C=O) groups is 2. The minimum atomic E-state index is -0.516. The number of ether oxygens (including phenoxy) is 2. The number of rotatable bonds is 8. The van der Waals surface area contributed by atoms with E-state index in [0.717, 1.165) is 5.56 Å². The number of amides is 1.